The van der Waals surface area contributed by atoms with Crippen molar-refractivity contribution in [1.29, 1.82) is 0 Å². The van der Waals surface area contributed by atoms with Gasteiger partial charge in [-0.2, -0.15) is 0 Å². The molecule has 0 radical (unpaired) electrons. The van der Waals surface area contributed by atoms with Crippen molar-refractivity contribution >= 4 is 11.9 Å². The van der Waals surface area contributed by atoms with Crippen molar-refractivity contribution in [1.82, 2.24) is 5.32 Å². The third-order valence-corrected chi connectivity index (χ3v) is 2.28. The van der Waals surface area contributed by atoms with Gasteiger partial charge in [-0.1, -0.05) is 26.2 Å². The molecule has 0 saturated carbocycles. The van der Waals surface area contributed by atoms with Gasteiger partial charge in [-0.3, -0.25) is 4.79 Å². The second-order valence-electron chi connectivity index (χ2n) is 3.85. The summed E-state index contributed by atoms with van der Waals surface area (Å²) in [5.74, 6) is -0.443. The molecular formula is C12H23NO3. The highest BCUT2D eigenvalue weighted by Crippen LogP contribution is 2.02. The number of hydrogen-bond acceptors (Lipinski definition) is 3. The van der Waals surface area contributed by atoms with Crippen LogP contribution in [0.5, 0.6) is 0 Å². The molecule has 1 amide bonds. The fourth-order valence-corrected chi connectivity index (χ4v) is 1.35. The summed E-state index contributed by atoms with van der Waals surface area (Å²) in [6.45, 7) is 5.86. The first kappa shape index (κ1) is 14.9. The summed E-state index contributed by atoms with van der Waals surface area (Å²) in [5, 5.41) is 2.63. The Morgan fingerprint density at radius 1 is 1.19 bits per heavy atom. The Morgan fingerprint density at radius 2 is 1.88 bits per heavy atom. The van der Waals surface area contributed by atoms with Crippen LogP contribution in [0.1, 0.15) is 52.9 Å². The van der Waals surface area contributed by atoms with Gasteiger partial charge in [0.25, 0.3) is 0 Å². The number of rotatable bonds is 8. The minimum Gasteiger partial charge on any atom is -0.464 e. The average molecular weight is 229 g/mol. The smallest absolute Gasteiger partial charge is 0.328 e. The highest BCUT2D eigenvalue weighted by molar-refractivity contribution is 5.84. The van der Waals surface area contributed by atoms with E-state index in [1.165, 1.54) is 0 Å². The second-order valence-corrected chi connectivity index (χ2v) is 3.85. The van der Waals surface area contributed by atoms with E-state index in [1.807, 2.05) is 0 Å². The lowest BCUT2D eigenvalue weighted by molar-refractivity contribution is -0.146. The van der Waals surface area contributed by atoms with E-state index in [0.29, 0.717) is 13.0 Å². The van der Waals surface area contributed by atoms with Crippen LogP contribution in [0, 0.1) is 0 Å². The van der Waals surface area contributed by atoms with Crippen molar-refractivity contribution < 1.29 is 14.3 Å². The molecular weight excluding hydrogens is 206 g/mol. The number of carbonyl (C=O) groups excluding carboxylic acids is 2. The average Bonchev–Trinajstić information content (AvgIpc) is 2.24. The molecule has 0 heterocycles. The normalized spacial score (nSPS) is 11.9. The lowest BCUT2D eigenvalue weighted by atomic mass is 10.1. The molecule has 0 aromatic carbocycles. The fraction of sp³-hybridized carbons (Fsp3) is 0.833. The van der Waals surface area contributed by atoms with Crippen LogP contribution in [0.3, 0.4) is 0 Å². The monoisotopic (exact) mass is 229 g/mol. The summed E-state index contributed by atoms with van der Waals surface area (Å²) in [5.41, 5.74) is 0. The zero-order valence-electron chi connectivity index (χ0n) is 10.5. The van der Waals surface area contributed by atoms with Crippen molar-refractivity contribution in [3.8, 4) is 0 Å². The minimum absolute atomic E-state index is 0.0725. The van der Waals surface area contributed by atoms with Crippen molar-refractivity contribution in [2.75, 3.05) is 6.61 Å². The Hall–Kier alpha value is -1.06. The standard InChI is InChI=1S/C12H23NO3/c1-4-6-7-8-9-11(14)13-10(3)12(15)16-5-2/h10H,4-9H2,1-3H3,(H,13,14). The highest BCUT2D eigenvalue weighted by Gasteiger charge is 2.15. The van der Waals surface area contributed by atoms with Crippen LogP contribution >= 0.6 is 0 Å². The van der Waals surface area contributed by atoms with Crippen LogP contribution in [0.15, 0.2) is 0 Å². The molecule has 16 heavy (non-hydrogen) atoms. The predicted molar refractivity (Wildman–Crippen MR) is 63.0 cm³/mol. The third-order valence-electron chi connectivity index (χ3n) is 2.28. The maximum Gasteiger partial charge on any atom is 0.328 e. The van der Waals surface area contributed by atoms with Crippen LogP contribution in [-0.2, 0) is 14.3 Å². The first-order valence-corrected chi connectivity index (χ1v) is 6.07. The maximum atomic E-state index is 11.4. The first-order chi connectivity index (χ1) is 7.61. The van der Waals surface area contributed by atoms with E-state index < -0.39 is 6.04 Å². The molecule has 0 aliphatic heterocycles. The molecule has 0 aromatic heterocycles. The summed E-state index contributed by atoms with van der Waals surface area (Å²) in [4.78, 5) is 22.6. The number of unbranched alkanes of at least 4 members (excludes halogenated alkanes) is 3. The fourth-order valence-electron chi connectivity index (χ4n) is 1.35. The van der Waals surface area contributed by atoms with Crippen molar-refractivity contribution in [2.45, 2.75) is 58.9 Å². The number of esters is 1. The van der Waals surface area contributed by atoms with Crippen molar-refractivity contribution in [2.24, 2.45) is 0 Å². The number of hydrogen-bond donors (Lipinski definition) is 1. The predicted octanol–water partition coefficient (Wildman–Crippen LogP) is 2.02. The Morgan fingerprint density at radius 3 is 2.44 bits per heavy atom. The van der Waals surface area contributed by atoms with Gasteiger partial charge in [0.05, 0.1) is 6.61 Å². The zero-order valence-corrected chi connectivity index (χ0v) is 10.5. The molecule has 4 heteroatoms. The summed E-state index contributed by atoms with van der Waals surface area (Å²) < 4.78 is 4.79. The minimum atomic E-state index is -0.543. The molecule has 1 N–H and O–H groups in total. The summed E-state index contributed by atoms with van der Waals surface area (Å²) in [7, 11) is 0. The quantitative estimate of drug-likeness (QED) is 0.512. The Labute approximate surface area is 97.7 Å². The Balaban J connectivity index is 3.65. The molecule has 0 saturated heterocycles. The van der Waals surface area contributed by atoms with Gasteiger partial charge in [0, 0.05) is 6.42 Å². The van der Waals surface area contributed by atoms with Gasteiger partial charge in [0.1, 0.15) is 6.04 Å². The van der Waals surface area contributed by atoms with Crippen LogP contribution in [0.2, 0.25) is 0 Å². The van der Waals surface area contributed by atoms with Crippen molar-refractivity contribution in [3.05, 3.63) is 0 Å². The number of carbonyl (C=O) groups is 2. The van der Waals surface area contributed by atoms with E-state index in [-0.39, 0.29) is 11.9 Å². The molecule has 1 atom stereocenters. The van der Waals surface area contributed by atoms with E-state index in [0.717, 1.165) is 25.7 Å². The third kappa shape index (κ3) is 7.26. The highest BCUT2D eigenvalue weighted by atomic mass is 16.5. The molecule has 0 aliphatic carbocycles. The molecule has 1 unspecified atom stereocenters. The summed E-state index contributed by atoms with van der Waals surface area (Å²) >= 11 is 0. The Kier molecular flexibility index (Phi) is 8.58. The molecule has 0 aliphatic rings. The molecule has 94 valence electrons. The second kappa shape index (κ2) is 9.19. The van der Waals surface area contributed by atoms with Gasteiger partial charge in [-0.05, 0) is 20.3 Å². The number of nitrogens with one attached hydrogen (secondary N) is 1. The Bertz CT molecular complexity index is 216. The summed E-state index contributed by atoms with van der Waals surface area (Å²) in [6, 6.07) is -0.543. The van der Waals surface area contributed by atoms with E-state index in [2.05, 4.69) is 12.2 Å². The lowest BCUT2D eigenvalue weighted by Gasteiger charge is -2.12. The van der Waals surface area contributed by atoms with Gasteiger partial charge >= 0.3 is 5.97 Å². The molecule has 0 fully saturated rings. The van der Waals surface area contributed by atoms with Crippen LogP contribution < -0.4 is 5.32 Å². The van der Waals surface area contributed by atoms with Crippen LogP contribution in [-0.4, -0.2) is 24.5 Å². The maximum absolute atomic E-state index is 11.4. The lowest BCUT2D eigenvalue weighted by Crippen LogP contribution is -2.39. The van der Waals surface area contributed by atoms with Gasteiger partial charge < -0.3 is 10.1 Å². The van der Waals surface area contributed by atoms with Crippen molar-refractivity contribution in [3.63, 3.8) is 0 Å². The van der Waals surface area contributed by atoms with E-state index >= 15 is 0 Å². The first-order valence-electron chi connectivity index (χ1n) is 6.07. The van der Waals surface area contributed by atoms with Crippen LogP contribution in [0.25, 0.3) is 0 Å². The number of amides is 1. The topological polar surface area (TPSA) is 55.4 Å². The molecule has 0 aromatic rings. The van der Waals surface area contributed by atoms with Crippen LogP contribution in [0.4, 0.5) is 0 Å². The molecule has 0 rings (SSSR count). The molecule has 0 spiro atoms. The van der Waals surface area contributed by atoms with Gasteiger partial charge in [-0.25, -0.2) is 4.79 Å². The van der Waals surface area contributed by atoms with E-state index in [9.17, 15) is 9.59 Å². The zero-order chi connectivity index (χ0) is 12.4. The van der Waals surface area contributed by atoms with E-state index in [1.54, 1.807) is 13.8 Å². The largest absolute Gasteiger partial charge is 0.464 e. The van der Waals surface area contributed by atoms with Gasteiger partial charge in [-0.15, -0.1) is 0 Å². The SMILES string of the molecule is CCCCCCC(=O)NC(C)C(=O)OCC. The molecule has 0 bridgehead atoms. The summed E-state index contributed by atoms with van der Waals surface area (Å²) in [6.07, 6.45) is 4.75. The van der Waals surface area contributed by atoms with Gasteiger partial charge in [0.2, 0.25) is 5.91 Å². The number of ether oxygens (including phenoxy) is 1. The van der Waals surface area contributed by atoms with Gasteiger partial charge in [0.15, 0.2) is 0 Å². The molecule has 4 nitrogen and oxygen atoms in total. The van der Waals surface area contributed by atoms with E-state index in [4.69, 9.17) is 4.74 Å².